The molecule has 0 rings (SSSR count). The highest BCUT2D eigenvalue weighted by atomic mass is 16.3. The average Bonchev–Trinajstić information content (AvgIpc) is 2.75. The molecule has 0 aliphatic carbocycles. The summed E-state index contributed by atoms with van der Waals surface area (Å²) >= 11 is 0. The summed E-state index contributed by atoms with van der Waals surface area (Å²) in [6.07, 6.45) is 19.8. The Labute approximate surface area is 188 Å². The van der Waals surface area contributed by atoms with E-state index in [2.05, 4.69) is 13.8 Å². The van der Waals surface area contributed by atoms with Crippen LogP contribution in [-0.4, -0.2) is 34.2 Å². The van der Waals surface area contributed by atoms with Crippen molar-refractivity contribution in [2.24, 2.45) is 5.73 Å². The third-order valence-electron chi connectivity index (χ3n) is 5.78. The van der Waals surface area contributed by atoms with Gasteiger partial charge in [-0.3, -0.25) is 4.79 Å². The topological polar surface area (TPSA) is 83.5 Å². The lowest BCUT2D eigenvalue weighted by molar-refractivity contribution is -0.129. The molecule has 0 aromatic carbocycles. The molecule has 1 unspecified atom stereocenters. The number of nitrogens with two attached hydrogens (primary N) is 1. The zero-order chi connectivity index (χ0) is 23.4. The molecule has 0 bridgehead atoms. The van der Waals surface area contributed by atoms with Gasteiger partial charge in [-0.05, 0) is 19.3 Å². The van der Waals surface area contributed by atoms with Crippen LogP contribution in [0, 0.1) is 0 Å². The van der Waals surface area contributed by atoms with Gasteiger partial charge in [0, 0.05) is 6.42 Å². The first-order chi connectivity index (χ1) is 14.9. The molecule has 0 aliphatic heterocycles. The number of hydrogen-bond donors (Lipinski definition) is 3. The summed E-state index contributed by atoms with van der Waals surface area (Å²) in [6.45, 7) is 4.37. The first-order valence-electron chi connectivity index (χ1n) is 13.2. The molecular formula is C26H51NO3. The lowest BCUT2D eigenvalue weighted by Gasteiger charge is -2.21. The van der Waals surface area contributed by atoms with Crippen LogP contribution >= 0.6 is 0 Å². The van der Waals surface area contributed by atoms with Gasteiger partial charge in [0.05, 0.1) is 13.5 Å². The summed E-state index contributed by atoms with van der Waals surface area (Å²) in [5.74, 6) is -0.602. The zero-order valence-corrected chi connectivity index (χ0v) is 19.9. The van der Waals surface area contributed by atoms with Crippen molar-refractivity contribution in [1.29, 1.82) is 0 Å². The maximum absolute atomic E-state index is 12.2. The van der Waals surface area contributed by atoms with Crippen LogP contribution in [0.3, 0.4) is 0 Å². The van der Waals surface area contributed by atoms with Gasteiger partial charge in [-0.1, -0.05) is 116 Å². The van der Waals surface area contributed by atoms with Crippen molar-refractivity contribution in [2.75, 3.05) is 0 Å². The minimum atomic E-state index is -2.44. The molecule has 0 radical (unpaired) electrons. The number of allylic oxidation sites excluding steroid dienone is 1. The van der Waals surface area contributed by atoms with Crippen LogP contribution < -0.4 is 5.73 Å². The van der Waals surface area contributed by atoms with Crippen molar-refractivity contribution in [3.63, 3.8) is 0 Å². The Balaban J connectivity index is 3.89. The average molecular weight is 427 g/mol. The summed E-state index contributed by atoms with van der Waals surface area (Å²) < 4.78 is 7.95. The van der Waals surface area contributed by atoms with Gasteiger partial charge < -0.3 is 15.9 Å². The number of hydrogen-bond acceptors (Lipinski definition) is 4. The first-order valence-corrected chi connectivity index (χ1v) is 12.7. The molecule has 0 aromatic heterocycles. The van der Waals surface area contributed by atoms with Crippen molar-refractivity contribution < 1.29 is 16.4 Å². The van der Waals surface area contributed by atoms with Gasteiger partial charge in [0.25, 0.3) is 0 Å². The number of Topliss-reactive ketones (excluding diaryl/α,β-unsaturated/α-hetero) is 1. The summed E-state index contributed by atoms with van der Waals surface area (Å²) in [4.78, 5) is 12.2. The van der Waals surface area contributed by atoms with Crippen LogP contribution in [0.5, 0.6) is 0 Å². The van der Waals surface area contributed by atoms with E-state index in [-0.39, 0.29) is 6.42 Å². The predicted octanol–water partition coefficient (Wildman–Crippen LogP) is 6.22. The van der Waals surface area contributed by atoms with Crippen LogP contribution in [0.25, 0.3) is 0 Å². The minimum absolute atomic E-state index is 0.132. The largest absolute Gasteiger partial charge is 0.387 e. The molecule has 0 fully saturated rings. The van der Waals surface area contributed by atoms with Gasteiger partial charge in [-0.25, -0.2) is 0 Å². The summed E-state index contributed by atoms with van der Waals surface area (Å²) in [5, 5.41) is 20.4. The van der Waals surface area contributed by atoms with Crippen LogP contribution in [0.4, 0.5) is 0 Å². The Bertz CT molecular complexity index is 454. The smallest absolute Gasteiger partial charge is 0.162 e. The summed E-state index contributed by atoms with van der Waals surface area (Å²) in [5.41, 5.74) is 5.84. The number of carbonyl (C=O) groups excluding carboxylic acids is 1. The van der Waals surface area contributed by atoms with Gasteiger partial charge in [0.1, 0.15) is 6.08 Å². The van der Waals surface area contributed by atoms with E-state index in [9.17, 15) is 15.0 Å². The van der Waals surface area contributed by atoms with E-state index >= 15 is 0 Å². The molecule has 3 atom stereocenters. The highest BCUT2D eigenvalue weighted by Gasteiger charge is 2.26. The zero-order valence-electron chi connectivity index (χ0n) is 20.9. The van der Waals surface area contributed by atoms with E-state index in [0.29, 0.717) is 6.42 Å². The van der Waals surface area contributed by atoms with E-state index in [1.807, 2.05) is 6.08 Å². The van der Waals surface area contributed by atoms with Crippen LogP contribution in [0.2, 0.25) is 0 Å². The molecule has 0 aromatic rings. The Morgan fingerprint density at radius 2 is 1.23 bits per heavy atom. The van der Waals surface area contributed by atoms with Gasteiger partial charge in [0.2, 0.25) is 0 Å². The van der Waals surface area contributed by atoms with E-state index < -0.39 is 24.0 Å². The molecule has 0 saturated carbocycles. The second-order valence-electron chi connectivity index (χ2n) is 8.74. The molecule has 0 heterocycles. The van der Waals surface area contributed by atoms with Crippen molar-refractivity contribution in [3.8, 4) is 0 Å². The molecule has 0 aliphatic rings. The van der Waals surface area contributed by atoms with Crippen LogP contribution in [0.1, 0.15) is 131 Å². The minimum Gasteiger partial charge on any atom is -0.387 e. The van der Waals surface area contributed by atoms with Crippen molar-refractivity contribution in [1.82, 2.24) is 0 Å². The summed E-state index contributed by atoms with van der Waals surface area (Å²) in [6, 6.07) is -1.33. The maximum Gasteiger partial charge on any atom is 0.162 e. The molecule has 4 nitrogen and oxygen atoms in total. The highest BCUT2D eigenvalue weighted by molar-refractivity contribution is 5.83. The van der Waals surface area contributed by atoms with Gasteiger partial charge >= 0.3 is 0 Å². The number of unbranched alkanes of at least 4 members (excludes halogenated alkanes) is 15. The molecular weight excluding hydrogens is 374 g/mol. The van der Waals surface area contributed by atoms with E-state index in [4.69, 9.17) is 7.10 Å². The lowest BCUT2D eigenvalue weighted by atomic mass is 9.97. The number of carbonyl (C=O) groups is 1. The molecule has 30 heavy (non-hydrogen) atoms. The predicted molar refractivity (Wildman–Crippen MR) is 129 cm³/mol. The fourth-order valence-corrected chi connectivity index (χ4v) is 3.65. The van der Waals surface area contributed by atoms with Crippen molar-refractivity contribution >= 4 is 5.78 Å². The quantitative estimate of drug-likeness (QED) is 0.142. The number of aliphatic hydroxyl groups is 2. The molecule has 4 N–H and O–H groups in total. The van der Waals surface area contributed by atoms with E-state index in [1.165, 1.54) is 70.3 Å². The number of ketones is 1. The van der Waals surface area contributed by atoms with Gasteiger partial charge in [-0.2, -0.15) is 0 Å². The Morgan fingerprint density at radius 1 is 0.800 bits per heavy atom. The second-order valence-corrected chi connectivity index (χ2v) is 8.74. The van der Waals surface area contributed by atoms with Crippen LogP contribution in [0.15, 0.2) is 12.2 Å². The highest BCUT2D eigenvalue weighted by Crippen LogP contribution is 2.13. The van der Waals surface area contributed by atoms with Gasteiger partial charge in [-0.15, -0.1) is 0 Å². The SMILES string of the molecule is [2H]C(O)(C(=O)CCCCCCC)[C@H](N)[C@H](O)/C=C/CCCCCCCCCCCCC. The Hall–Kier alpha value is -0.710. The number of rotatable bonds is 22. The Kier molecular flexibility index (Phi) is 19.6. The van der Waals surface area contributed by atoms with Crippen molar-refractivity contribution in [2.45, 2.75) is 148 Å². The van der Waals surface area contributed by atoms with Crippen LogP contribution in [-0.2, 0) is 4.79 Å². The molecule has 0 saturated heterocycles. The number of aliphatic hydroxyl groups excluding tert-OH is 1. The first kappa shape index (κ1) is 27.3. The Morgan fingerprint density at radius 3 is 1.73 bits per heavy atom. The fourth-order valence-electron chi connectivity index (χ4n) is 3.65. The molecule has 0 amide bonds. The van der Waals surface area contributed by atoms with Crippen molar-refractivity contribution in [3.05, 3.63) is 12.2 Å². The van der Waals surface area contributed by atoms with Gasteiger partial charge in [0.15, 0.2) is 5.78 Å². The third kappa shape index (κ3) is 17.0. The maximum atomic E-state index is 12.2. The normalized spacial score (nSPS) is 16.4. The van der Waals surface area contributed by atoms with E-state index in [0.717, 1.165) is 38.5 Å². The van der Waals surface area contributed by atoms with E-state index in [1.54, 1.807) is 0 Å². The monoisotopic (exact) mass is 426 g/mol. The third-order valence-corrected chi connectivity index (χ3v) is 5.78. The lowest BCUT2D eigenvalue weighted by Crippen LogP contribution is -2.47. The molecule has 178 valence electrons. The fraction of sp³-hybridized carbons (Fsp3) is 0.885. The molecule has 4 heteroatoms. The standard InChI is InChI=1S/C26H51NO3/c1-3-5-7-9-10-11-12-13-14-15-16-18-19-21-23(28)25(27)26(30)24(29)22-20-17-8-6-4-2/h19,21,23,25-26,28,30H,3-18,20,22,27H2,1-2H3/b21-19+/t23-,25-,26?/m1/s1/i26D. The molecule has 0 spiro atoms. The summed E-state index contributed by atoms with van der Waals surface area (Å²) in [7, 11) is 0. The second kappa shape index (κ2) is 21.5.